The minimum atomic E-state index is -4.58. The van der Waals surface area contributed by atoms with Gasteiger partial charge in [-0.1, -0.05) is 13.8 Å². The van der Waals surface area contributed by atoms with Gasteiger partial charge in [0.2, 0.25) is 11.9 Å². The fraction of sp³-hybridized carbons (Fsp3) is 0.636. The van der Waals surface area contributed by atoms with E-state index in [-0.39, 0.29) is 30.3 Å². The summed E-state index contributed by atoms with van der Waals surface area (Å²) in [4.78, 5) is 23.7. The zero-order valence-corrected chi connectivity index (χ0v) is 19.5. The molecule has 2 fully saturated rings. The fourth-order valence-electron chi connectivity index (χ4n) is 4.31. The number of nitrogens with zero attached hydrogens (tertiary/aromatic N) is 6. The van der Waals surface area contributed by atoms with Crippen LogP contribution in [-0.4, -0.2) is 74.7 Å². The molecule has 2 N–H and O–H groups in total. The van der Waals surface area contributed by atoms with Gasteiger partial charge in [-0.05, 0) is 18.8 Å². The molecule has 2 aromatic rings. The van der Waals surface area contributed by atoms with Gasteiger partial charge in [-0.25, -0.2) is 4.98 Å². The summed E-state index contributed by atoms with van der Waals surface area (Å²) in [5.41, 5.74) is -0.314. The van der Waals surface area contributed by atoms with E-state index in [9.17, 15) is 18.0 Å². The number of halogens is 3. The topological polar surface area (TPSA) is 91.2 Å². The van der Waals surface area contributed by atoms with E-state index >= 15 is 0 Å². The number of likely N-dealkylation sites (tertiary alicyclic amines) is 2. The molecule has 186 valence electrons. The molecule has 34 heavy (non-hydrogen) atoms. The number of hydrogen-bond donors (Lipinski definition) is 2. The van der Waals surface area contributed by atoms with Gasteiger partial charge in [-0.3, -0.25) is 14.4 Å². The highest BCUT2D eigenvalue weighted by atomic mass is 19.4. The van der Waals surface area contributed by atoms with Crippen molar-refractivity contribution < 1.29 is 18.0 Å². The molecule has 0 radical (unpaired) electrons. The Kier molecular flexibility index (Phi) is 7.24. The summed E-state index contributed by atoms with van der Waals surface area (Å²) in [6.07, 6.45) is 1.53. The van der Waals surface area contributed by atoms with Crippen molar-refractivity contribution in [2.75, 3.05) is 49.9 Å². The van der Waals surface area contributed by atoms with E-state index in [1.54, 1.807) is 11.1 Å². The van der Waals surface area contributed by atoms with Crippen molar-refractivity contribution in [3.63, 3.8) is 0 Å². The highest BCUT2D eigenvalue weighted by Crippen LogP contribution is 2.34. The van der Waals surface area contributed by atoms with E-state index in [1.807, 2.05) is 10.9 Å². The van der Waals surface area contributed by atoms with Crippen LogP contribution in [0.4, 0.5) is 30.6 Å². The molecule has 12 heteroatoms. The number of carbonyl (C=O) groups is 1. The van der Waals surface area contributed by atoms with Crippen molar-refractivity contribution in [3.8, 4) is 0 Å². The van der Waals surface area contributed by atoms with E-state index in [4.69, 9.17) is 0 Å². The number of nitrogens with one attached hydrogen (secondary N) is 2. The van der Waals surface area contributed by atoms with Crippen molar-refractivity contribution in [3.05, 3.63) is 24.2 Å². The minimum Gasteiger partial charge on any atom is -0.369 e. The third-order valence-electron chi connectivity index (χ3n) is 5.96. The molecular formula is C22H31F3N8O. The summed E-state index contributed by atoms with van der Waals surface area (Å²) in [6, 6.07) is 0.280. The molecular weight excluding hydrogens is 449 g/mol. The van der Waals surface area contributed by atoms with Crippen molar-refractivity contribution in [1.29, 1.82) is 0 Å². The van der Waals surface area contributed by atoms with Crippen LogP contribution < -0.4 is 10.6 Å². The second-order valence-corrected chi connectivity index (χ2v) is 9.32. The van der Waals surface area contributed by atoms with Crippen LogP contribution in [0.2, 0.25) is 0 Å². The number of aromatic nitrogens is 4. The highest BCUT2D eigenvalue weighted by Gasteiger charge is 2.35. The molecule has 0 aromatic carbocycles. The summed E-state index contributed by atoms with van der Waals surface area (Å²) in [6.45, 7) is 8.75. The van der Waals surface area contributed by atoms with Crippen LogP contribution in [0, 0.1) is 5.92 Å². The molecule has 0 bridgehead atoms. The average molecular weight is 481 g/mol. The Bertz CT molecular complexity index is 987. The average Bonchev–Trinajstić information content (AvgIpc) is 3.35. The lowest BCUT2D eigenvalue weighted by atomic mass is 10.1. The van der Waals surface area contributed by atoms with Gasteiger partial charge in [-0.2, -0.15) is 23.3 Å². The van der Waals surface area contributed by atoms with Gasteiger partial charge in [0.1, 0.15) is 11.4 Å². The van der Waals surface area contributed by atoms with Gasteiger partial charge in [0.15, 0.2) is 0 Å². The summed E-state index contributed by atoms with van der Waals surface area (Å²) in [7, 11) is 0. The molecule has 0 atom stereocenters. The summed E-state index contributed by atoms with van der Waals surface area (Å²) >= 11 is 0. The fourth-order valence-corrected chi connectivity index (χ4v) is 4.31. The molecule has 2 aromatic heterocycles. The lowest BCUT2D eigenvalue weighted by Gasteiger charge is -2.40. The number of hydrogen-bond acceptors (Lipinski definition) is 7. The normalized spacial score (nSPS) is 17.5. The van der Waals surface area contributed by atoms with Gasteiger partial charge in [0.05, 0.1) is 17.9 Å². The van der Waals surface area contributed by atoms with Crippen LogP contribution in [0.3, 0.4) is 0 Å². The van der Waals surface area contributed by atoms with Crippen LogP contribution in [0.15, 0.2) is 18.6 Å². The van der Waals surface area contributed by atoms with Gasteiger partial charge in [0, 0.05) is 58.1 Å². The monoisotopic (exact) mass is 480 g/mol. The van der Waals surface area contributed by atoms with Crippen LogP contribution in [0.25, 0.3) is 0 Å². The number of amides is 1. The number of alkyl halides is 3. The van der Waals surface area contributed by atoms with E-state index < -0.39 is 11.7 Å². The van der Waals surface area contributed by atoms with Crippen LogP contribution >= 0.6 is 0 Å². The van der Waals surface area contributed by atoms with Gasteiger partial charge >= 0.3 is 6.18 Å². The molecule has 0 aliphatic carbocycles. The molecule has 9 nitrogen and oxygen atoms in total. The predicted octanol–water partition coefficient (Wildman–Crippen LogP) is 3.37. The Balaban J connectivity index is 1.36. The Morgan fingerprint density at radius 1 is 1.24 bits per heavy atom. The third-order valence-corrected chi connectivity index (χ3v) is 5.96. The summed E-state index contributed by atoms with van der Waals surface area (Å²) in [5.74, 6) is 0.478. The maximum absolute atomic E-state index is 13.5. The second kappa shape index (κ2) is 10.2. The smallest absolute Gasteiger partial charge is 0.369 e. The van der Waals surface area contributed by atoms with Gasteiger partial charge < -0.3 is 15.5 Å². The lowest BCUT2D eigenvalue weighted by molar-refractivity contribution is -0.137. The number of carbonyl (C=O) groups excluding carboxylic acids is 1. The largest absolute Gasteiger partial charge is 0.421 e. The minimum absolute atomic E-state index is 0.0554. The molecule has 4 heterocycles. The van der Waals surface area contributed by atoms with Crippen molar-refractivity contribution in [2.45, 2.75) is 45.3 Å². The Labute approximate surface area is 196 Å². The van der Waals surface area contributed by atoms with E-state index in [0.717, 1.165) is 32.3 Å². The Hall–Kier alpha value is -2.89. The molecule has 2 aliphatic rings. The predicted molar refractivity (Wildman–Crippen MR) is 122 cm³/mol. The van der Waals surface area contributed by atoms with Crippen molar-refractivity contribution in [1.82, 2.24) is 29.5 Å². The molecule has 0 saturated carbocycles. The molecule has 1 amide bonds. The van der Waals surface area contributed by atoms with Crippen LogP contribution in [-0.2, 0) is 11.0 Å². The first-order chi connectivity index (χ1) is 16.2. The van der Waals surface area contributed by atoms with E-state index in [0.29, 0.717) is 37.5 Å². The lowest BCUT2D eigenvalue weighted by Crippen LogP contribution is -2.49. The molecule has 0 spiro atoms. The van der Waals surface area contributed by atoms with Crippen molar-refractivity contribution >= 4 is 23.4 Å². The SMILES string of the molecule is CC(C)CN1CC(n2cc(Nc3ncc(C(F)(F)F)c(NCCCN4CCCC4=O)n3)cn2)C1. The first-order valence-corrected chi connectivity index (χ1v) is 11.7. The van der Waals surface area contributed by atoms with Gasteiger partial charge in [0.25, 0.3) is 0 Å². The number of rotatable bonds is 10. The first-order valence-electron chi connectivity index (χ1n) is 11.7. The Morgan fingerprint density at radius 2 is 2.03 bits per heavy atom. The first kappa shape index (κ1) is 24.2. The molecule has 4 rings (SSSR count). The Morgan fingerprint density at radius 3 is 2.71 bits per heavy atom. The van der Waals surface area contributed by atoms with E-state index in [2.05, 4.69) is 44.4 Å². The van der Waals surface area contributed by atoms with E-state index in [1.165, 1.54) is 0 Å². The zero-order valence-electron chi connectivity index (χ0n) is 19.5. The standard InChI is InChI=1S/C22H31F3N8O/c1-15(2)11-31-13-17(14-31)33-12-16(9-28-33)29-21-27-10-18(22(23,24)25)20(30-21)26-6-4-8-32-7-3-5-19(32)34/h9-10,12,15,17H,3-8,11,13-14H2,1-2H3,(H2,26,27,29,30). The maximum atomic E-state index is 13.5. The molecule has 2 aliphatic heterocycles. The maximum Gasteiger partial charge on any atom is 0.421 e. The summed E-state index contributed by atoms with van der Waals surface area (Å²) < 4.78 is 42.2. The molecule has 2 saturated heterocycles. The van der Waals surface area contributed by atoms with Crippen LogP contribution in [0.1, 0.15) is 44.7 Å². The van der Waals surface area contributed by atoms with Crippen molar-refractivity contribution in [2.24, 2.45) is 5.92 Å². The third kappa shape index (κ3) is 5.96. The van der Waals surface area contributed by atoms with Crippen LogP contribution in [0.5, 0.6) is 0 Å². The van der Waals surface area contributed by atoms with Gasteiger partial charge in [-0.15, -0.1) is 0 Å². The highest BCUT2D eigenvalue weighted by molar-refractivity contribution is 5.78. The number of anilines is 3. The zero-order chi connectivity index (χ0) is 24.3. The molecule has 0 unspecified atom stereocenters. The summed E-state index contributed by atoms with van der Waals surface area (Å²) in [5, 5.41) is 10.1. The quantitative estimate of drug-likeness (QED) is 0.504. The second-order valence-electron chi connectivity index (χ2n) is 9.32.